The summed E-state index contributed by atoms with van der Waals surface area (Å²) in [6.07, 6.45) is -2.02. The molecule has 1 aliphatic heterocycles. The van der Waals surface area contributed by atoms with E-state index in [1.807, 2.05) is 0 Å². The molecule has 6 atom stereocenters. The molecule has 28 heavy (non-hydrogen) atoms. The Morgan fingerprint density at radius 2 is 1.61 bits per heavy atom. The molecule has 160 valence electrons. The summed E-state index contributed by atoms with van der Waals surface area (Å²) in [4.78, 5) is 49.3. The topological polar surface area (TPSA) is 203 Å². The standard InChI is InChI=1S/C16H28N4O8/c1-7(22)11(18-13(24)9(17)6-21)14(25)19-12(8(2)23)15(26)20-5-3-4-10(20)16(27)28/h7-12,21-23H,3-6,17H2,1-2H3,(H,18,24)(H,19,25)(H,27,28). The Hall–Kier alpha value is -2.28. The van der Waals surface area contributed by atoms with Gasteiger partial charge >= 0.3 is 5.97 Å². The molecule has 0 aromatic heterocycles. The number of rotatable bonds is 9. The van der Waals surface area contributed by atoms with Gasteiger partial charge in [0.05, 0.1) is 18.8 Å². The molecule has 12 heteroatoms. The van der Waals surface area contributed by atoms with Gasteiger partial charge in [0, 0.05) is 6.54 Å². The molecule has 12 nitrogen and oxygen atoms in total. The molecule has 1 saturated heterocycles. The predicted octanol–water partition coefficient (Wildman–Crippen LogP) is -3.89. The SMILES string of the molecule is CC(O)C(NC(=O)C(N)CO)C(=O)NC(C(=O)N1CCCC1C(=O)O)C(C)O. The molecule has 0 spiro atoms. The van der Waals surface area contributed by atoms with Gasteiger partial charge in [-0.3, -0.25) is 14.4 Å². The van der Waals surface area contributed by atoms with Gasteiger partial charge in [0.2, 0.25) is 17.7 Å². The molecule has 1 heterocycles. The van der Waals surface area contributed by atoms with Crippen molar-refractivity contribution in [3.63, 3.8) is 0 Å². The molecule has 3 amide bonds. The monoisotopic (exact) mass is 404 g/mol. The number of hydrogen-bond donors (Lipinski definition) is 7. The number of nitrogens with two attached hydrogens (primary N) is 1. The number of carboxylic acid groups (broad SMARTS) is 1. The van der Waals surface area contributed by atoms with Crippen LogP contribution < -0.4 is 16.4 Å². The van der Waals surface area contributed by atoms with Crippen LogP contribution in [-0.2, 0) is 19.2 Å². The first kappa shape index (κ1) is 23.8. The summed E-state index contributed by atoms with van der Waals surface area (Å²) < 4.78 is 0. The summed E-state index contributed by atoms with van der Waals surface area (Å²) in [5.74, 6) is -3.84. The van der Waals surface area contributed by atoms with Gasteiger partial charge in [0.25, 0.3) is 0 Å². The highest BCUT2D eigenvalue weighted by atomic mass is 16.4. The van der Waals surface area contributed by atoms with E-state index >= 15 is 0 Å². The van der Waals surface area contributed by atoms with E-state index in [2.05, 4.69) is 10.6 Å². The minimum absolute atomic E-state index is 0.164. The second kappa shape index (κ2) is 10.3. The van der Waals surface area contributed by atoms with E-state index in [-0.39, 0.29) is 13.0 Å². The fourth-order valence-electron chi connectivity index (χ4n) is 2.85. The lowest BCUT2D eigenvalue weighted by Crippen LogP contribution is -2.62. The van der Waals surface area contributed by atoms with Crippen molar-refractivity contribution in [3.05, 3.63) is 0 Å². The minimum atomic E-state index is -1.51. The van der Waals surface area contributed by atoms with Crippen molar-refractivity contribution in [2.45, 2.75) is 63.1 Å². The van der Waals surface area contributed by atoms with Crippen LogP contribution in [0.1, 0.15) is 26.7 Å². The van der Waals surface area contributed by atoms with Crippen LogP contribution in [0.3, 0.4) is 0 Å². The number of amides is 3. The molecule has 0 bridgehead atoms. The maximum atomic E-state index is 12.7. The molecule has 0 aliphatic carbocycles. The van der Waals surface area contributed by atoms with Crippen molar-refractivity contribution in [1.29, 1.82) is 0 Å². The van der Waals surface area contributed by atoms with Crippen LogP contribution in [0.25, 0.3) is 0 Å². The average molecular weight is 404 g/mol. The Morgan fingerprint density at radius 1 is 1.07 bits per heavy atom. The first-order valence-electron chi connectivity index (χ1n) is 8.87. The van der Waals surface area contributed by atoms with E-state index < -0.39 is 66.7 Å². The Kier molecular flexibility index (Phi) is 8.75. The number of nitrogens with one attached hydrogen (secondary N) is 2. The van der Waals surface area contributed by atoms with Crippen molar-refractivity contribution in [2.24, 2.45) is 5.73 Å². The molecule has 8 N–H and O–H groups in total. The zero-order chi connectivity index (χ0) is 21.6. The van der Waals surface area contributed by atoms with Crippen molar-refractivity contribution >= 4 is 23.7 Å². The number of aliphatic carboxylic acids is 1. The van der Waals surface area contributed by atoms with Crippen LogP contribution in [-0.4, -0.2) is 98.5 Å². The number of hydrogen-bond acceptors (Lipinski definition) is 8. The lowest BCUT2D eigenvalue weighted by molar-refractivity contribution is -0.151. The summed E-state index contributed by atoms with van der Waals surface area (Å²) in [7, 11) is 0. The van der Waals surface area contributed by atoms with Gasteiger partial charge in [-0.1, -0.05) is 0 Å². The highest BCUT2D eigenvalue weighted by molar-refractivity contribution is 5.94. The van der Waals surface area contributed by atoms with E-state index in [1.54, 1.807) is 0 Å². The molecule has 0 aromatic rings. The molecule has 6 unspecified atom stereocenters. The van der Waals surface area contributed by atoms with Gasteiger partial charge in [-0.25, -0.2) is 4.79 Å². The molecule has 0 aromatic carbocycles. The summed E-state index contributed by atoms with van der Waals surface area (Å²) in [6, 6.07) is -5.35. The van der Waals surface area contributed by atoms with E-state index in [1.165, 1.54) is 13.8 Å². The third kappa shape index (κ3) is 5.86. The first-order valence-corrected chi connectivity index (χ1v) is 8.87. The number of aliphatic hydroxyl groups is 3. The molecule has 1 fully saturated rings. The van der Waals surface area contributed by atoms with E-state index in [0.717, 1.165) is 4.90 Å². The van der Waals surface area contributed by atoms with Gasteiger partial charge in [-0.05, 0) is 26.7 Å². The number of aliphatic hydroxyl groups excluding tert-OH is 3. The van der Waals surface area contributed by atoms with Crippen LogP contribution in [0, 0.1) is 0 Å². The second-order valence-corrected chi connectivity index (χ2v) is 6.77. The fourth-order valence-corrected chi connectivity index (χ4v) is 2.85. The van der Waals surface area contributed by atoms with Crippen molar-refractivity contribution in [2.75, 3.05) is 13.2 Å². The van der Waals surface area contributed by atoms with Crippen molar-refractivity contribution < 1.29 is 39.6 Å². The molecule has 0 radical (unpaired) electrons. The highest BCUT2D eigenvalue weighted by Crippen LogP contribution is 2.19. The maximum absolute atomic E-state index is 12.7. The maximum Gasteiger partial charge on any atom is 0.326 e. The zero-order valence-corrected chi connectivity index (χ0v) is 15.7. The molecule has 1 aliphatic rings. The summed E-state index contributed by atoms with van der Waals surface area (Å²) >= 11 is 0. The van der Waals surface area contributed by atoms with E-state index in [9.17, 15) is 34.5 Å². The van der Waals surface area contributed by atoms with Crippen LogP contribution in [0.5, 0.6) is 0 Å². The summed E-state index contributed by atoms with van der Waals surface area (Å²) in [6.45, 7) is 1.94. The Labute approximate surface area is 161 Å². The second-order valence-electron chi connectivity index (χ2n) is 6.77. The Morgan fingerprint density at radius 3 is 2.07 bits per heavy atom. The first-order chi connectivity index (χ1) is 13.0. The molecule has 0 saturated carbocycles. The number of likely N-dealkylation sites (tertiary alicyclic amines) is 1. The van der Waals surface area contributed by atoms with Crippen LogP contribution in [0.2, 0.25) is 0 Å². The van der Waals surface area contributed by atoms with Gasteiger partial charge in [0.15, 0.2) is 0 Å². The smallest absolute Gasteiger partial charge is 0.326 e. The van der Waals surface area contributed by atoms with Crippen LogP contribution in [0.4, 0.5) is 0 Å². The van der Waals surface area contributed by atoms with Gasteiger partial charge in [-0.2, -0.15) is 0 Å². The van der Waals surface area contributed by atoms with Gasteiger partial charge < -0.3 is 41.7 Å². The predicted molar refractivity (Wildman–Crippen MR) is 94.7 cm³/mol. The number of carbonyl (C=O) groups is 4. The largest absolute Gasteiger partial charge is 0.480 e. The summed E-state index contributed by atoms with van der Waals surface area (Å²) in [5, 5.41) is 42.2. The number of carbonyl (C=O) groups excluding carboxylic acids is 3. The van der Waals surface area contributed by atoms with Crippen molar-refractivity contribution in [1.82, 2.24) is 15.5 Å². The van der Waals surface area contributed by atoms with Crippen molar-refractivity contribution in [3.8, 4) is 0 Å². The zero-order valence-electron chi connectivity index (χ0n) is 15.7. The van der Waals surface area contributed by atoms with E-state index in [4.69, 9.17) is 10.8 Å². The third-order valence-corrected chi connectivity index (χ3v) is 4.46. The lowest BCUT2D eigenvalue weighted by atomic mass is 10.1. The summed E-state index contributed by atoms with van der Waals surface area (Å²) in [5.41, 5.74) is 5.36. The van der Waals surface area contributed by atoms with Gasteiger partial charge in [-0.15, -0.1) is 0 Å². The molecular weight excluding hydrogens is 376 g/mol. The quantitative estimate of drug-likeness (QED) is 0.200. The lowest BCUT2D eigenvalue weighted by Gasteiger charge is -2.30. The third-order valence-electron chi connectivity index (χ3n) is 4.46. The van der Waals surface area contributed by atoms with Crippen LogP contribution >= 0.6 is 0 Å². The Bertz CT molecular complexity index is 597. The highest BCUT2D eigenvalue weighted by Gasteiger charge is 2.40. The fraction of sp³-hybridized carbons (Fsp3) is 0.750. The molecule has 1 rings (SSSR count). The van der Waals surface area contributed by atoms with Gasteiger partial charge in [0.1, 0.15) is 24.2 Å². The van der Waals surface area contributed by atoms with Crippen LogP contribution in [0.15, 0.2) is 0 Å². The normalized spacial score (nSPS) is 21.9. The minimum Gasteiger partial charge on any atom is -0.480 e. The number of nitrogens with zero attached hydrogens (tertiary/aromatic N) is 1. The number of carboxylic acids is 1. The average Bonchev–Trinajstić information content (AvgIpc) is 3.11. The Balaban J connectivity index is 2.93. The van der Waals surface area contributed by atoms with E-state index in [0.29, 0.717) is 6.42 Å². The molecular formula is C16H28N4O8.